The summed E-state index contributed by atoms with van der Waals surface area (Å²) in [5, 5.41) is 0. The molecule has 2 aliphatic rings. The predicted molar refractivity (Wildman–Crippen MR) is 142 cm³/mol. The van der Waals surface area contributed by atoms with Gasteiger partial charge >= 0.3 is 0 Å². The van der Waals surface area contributed by atoms with Crippen molar-refractivity contribution in [3.63, 3.8) is 0 Å². The van der Waals surface area contributed by atoms with Gasteiger partial charge in [-0.15, -0.1) is 0 Å². The van der Waals surface area contributed by atoms with Gasteiger partial charge in [0.05, 0.1) is 17.0 Å². The molecule has 3 aromatic heterocycles. The normalized spacial score (nSPS) is 15.9. The summed E-state index contributed by atoms with van der Waals surface area (Å²) in [5.41, 5.74) is 8.15. The lowest BCUT2D eigenvalue weighted by molar-refractivity contribution is 0.0696. The van der Waals surface area contributed by atoms with Crippen molar-refractivity contribution in [3.05, 3.63) is 99.8 Å². The smallest absolute Gasteiger partial charge is 0.272 e. The number of likely N-dealkylation sites (tertiary alicyclic amines) is 1. The largest absolute Gasteiger partial charge is 0.337 e. The van der Waals surface area contributed by atoms with E-state index in [2.05, 4.69) is 17.1 Å². The fourth-order valence-corrected chi connectivity index (χ4v) is 5.80. The zero-order valence-electron chi connectivity index (χ0n) is 21.6. The van der Waals surface area contributed by atoms with Crippen LogP contribution in [-0.4, -0.2) is 49.1 Å². The number of amides is 2. The van der Waals surface area contributed by atoms with Crippen LogP contribution < -0.4 is 0 Å². The zero-order valence-corrected chi connectivity index (χ0v) is 21.6. The summed E-state index contributed by atoms with van der Waals surface area (Å²) in [6.45, 7) is 8.40. The van der Waals surface area contributed by atoms with Crippen LogP contribution in [0.4, 0.5) is 0 Å². The average Bonchev–Trinajstić information content (AvgIpc) is 3.49. The molecule has 0 N–H and O–H groups in total. The Kier molecular flexibility index (Phi) is 5.78. The van der Waals surface area contributed by atoms with Crippen molar-refractivity contribution in [2.45, 2.75) is 52.6 Å². The standard InChI is InChI=1S/C30H31N5O2/c1-19-7-6-14-35-27(21(3)32-28(19)35)30(37)33-15-12-22(13-16-33)26-25(11-10-20(2)31-26)29(36)34-17-23-8-4-5-9-24(23)18-34/h4-11,14,22H,12-13,15-18H2,1-3H3. The number of aryl methyl sites for hydroxylation is 3. The molecular formula is C30H31N5O2. The second-order valence-corrected chi connectivity index (χ2v) is 10.3. The van der Waals surface area contributed by atoms with Crippen molar-refractivity contribution < 1.29 is 9.59 Å². The minimum atomic E-state index is 0.0115. The molecule has 7 heteroatoms. The maximum Gasteiger partial charge on any atom is 0.272 e. The van der Waals surface area contributed by atoms with E-state index in [-0.39, 0.29) is 17.7 Å². The third-order valence-corrected chi connectivity index (χ3v) is 7.81. The van der Waals surface area contributed by atoms with Gasteiger partial charge in [0, 0.05) is 44.0 Å². The molecule has 0 bridgehead atoms. The molecule has 4 aromatic rings. The molecule has 0 unspecified atom stereocenters. The number of nitrogens with zero attached hydrogens (tertiary/aromatic N) is 5. The minimum Gasteiger partial charge on any atom is -0.337 e. The first-order valence-corrected chi connectivity index (χ1v) is 13.0. The van der Waals surface area contributed by atoms with E-state index < -0.39 is 0 Å². The Labute approximate surface area is 216 Å². The van der Waals surface area contributed by atoms with Gasteiger partial charge in [0.15, 0.2) is 0 Å². The summed E-state index contributed by atoms with van der Waals surface area (Å²) in [5.74, 6) is 0.185. The van der Waals surface area contributed by atoms with E-state index >= 15 is 0 Å². The highest BCUT2D eigenvalue weighted by molar-refractivity contribution is 5.96. The average molecular weight is 494 g/mol. The van der Waals surface area contributed by atoms with Gasteiger partial charge in [-0.25, -0.2) is 4.98 Å². The van der Waals surface area contributed by atoms with Gasteiger partial charge in [0.25, 0.3) is 11.8 Å². The Hall–Kier alpha value is -4.00. The molecule has 0 radical (unpaired) electrons. The van der Waals surface area contributed by atoms with Crippen molar-refractivity contribution in [1.29, 1.82) is 0 Å². The summed E-state index contributed by atoms with van der Waals surface area (Å²) >= 11 is 0. The molecule has 0 atom stereocenters. The predicted octanol–water partition coefficient (Wildman–Crippen LogP) is 4.83. The SMILES string of the molecule is Cc1ccc(C(=O)N2Cc3ccccc3C2)c(C2CCN(C(=O)c3c(C)nc4c(C)cccn34)CC2)n1. The Bertz CT molecular complexity index is 1510. The molecule has 0 saturated carbocycles. The van der Waals surface area contributed by atoms with Crippen molar-refractivity contribution in [2.24, 2.45) is 0 Å². The summed E-state index contributed by atoms with van der Waals surface area (Å²) in [7, 11) is 0. The summed E-state index contributed by atoms with van der Waals surface area (Å²) in [4.78, 5) is 40.5. The number of rotatable bonds is 3. The van der Waals surface area contributed by atoms with Gasteiger partial charge in [-0.05, 0) is 68.5 Å². The van der Waals surface area contributed by atoms with Gasteiger partial charge in [-0.2, -0.15) is 0 Å². The van der Waals surface area contributed by atoms with Crippen LogP contribution in [0.2, 0.25) is 0 Å². The monoisotopic (exact) mass is 493 g/mol. The van der Waals surface area contributed by atoms with Crippen LogP contribution in [-0.2, 0) is 13.1 Å². The number of fused-ring (bicyclic) bond motifs is 2. The van der Waals surface area contributed by atoms with Crippen LogP contribution >= 0.6 is 0 Å². The molecule has 0 aliphatic carbocycles. The molecule has 1 fully saturated rings. The van der Waals surface area contributed by atoms with E-state index in [1.165, 1.54) is 11.1 Å². The Morgan fingerprint density at radius 2 is 1.51 bits per heavy atom. The fraction of sp³-hybridized carbons (Fsp3) is 0.333. The summed E-state index contributed by atoms with van der Waals surface area (Å²) in [6, 6.07) is 16.1. The van der Waals surface area contributed by atoms with Crippen molar-refractivity contribution in [2.75, 3.05) is 13.1 Å². The number of aromatic nitrogens is 3. The van der Waals surface area contributed by atoms with Crippen LogP contribution in [0.5, 0.6) is 0 Å². The molecule has 188 valence electrons. The molecule has 7 nitrogen and oxygen atoms in total. The molecule has 1 saturated heterocycles. The van der Waals surface area contributed by atoms with Gasteiger partial charge in [-0.3, -0.25) is 19.0 Å². The summed E-state index contributed by atoms with van der Waals surface area (Å²) < 4.78 is 1.91. The van der Waals surface area contributed by atoms with Crippen LogP contribution in [0.25, 0.3) is 5.65 Å². The third kappa shape index (κ3) is 4.08. The lowest BCUT2D eigenvalue weighted by Crippen LogP contribution is -2.39. The lowest BCUT2D eigenvalue weighted by atomic mass is 9.89. The number of pyridine rings is 2. The van der Waals surface area contributed by atoms with Crippen LogP contribution in [0.15, 0.2) is 54.7 Å². The van der Waals surface area contributed by atoms with Gasteiger partial charge in [0.1, 0.15) is 11.3 Å². The maximum atomic E-state index is 13.6. The molecular weight excluding hydrogens is 462 g/mol. The van der Waals surface area contributed by atoms with E-state index in [1.807, 2.05) is 77.6 Å². The van der Waals surface area contributed by atoms with Crippen LogP contribution in [0, 0.1) is 20.8 Å². The molecule has 1 aromatic carbocycles. The van der Waals surface area contributed by atoms with E-state index in [0.29, 0.717) is 37.4 Å². The van der Waals surface area contributed by atoms with Gasteiger partial charge in [-0.1, -0.05) is 30.3 Å². The second kappa shape index (κ2) is 9.14. The van der Waals surface area contributed by atoms with Crippen molar-refractivity contribution in [3.8, 4) is 0 Å². The van der Waals surface area contributed by atoms with Crippen LogP contribution in [0.1, 0.15) is 73.4 Å². The summed E-state index contributed by atoms with van der Waals surface area (Å²) in [6.07, 6.45) is 3.46. The first-order chi connectivity index (χ1) is 17.9. The highest BCUT2D eigenvalue weighted by Gasteiger charge is 2.32. The highest BCUT2D eigenvalue weighted by atomic mass is 16.2. The van der Waals surface area contributed by atoms with Crippen molar-refractivity contribution >= 4 is 17.5 Å². The molecule has 6 rings (SSSR count). The number of hydrogen-bond acceptors (Lipinski definition) is 4. The zero-order chi connectivity index (χ0) is 25.7. The molecule has 5 heterocycles. The fourth-order valence-electron chi connectivity index (χ4n) is 5.80. The van der Waals surface area contributed by atoms with Crippen molar-refractivity contribution in [1.82, 2.24) is 24.2 Å². The molecule has 0 spiro atoms. The van der Waals surface area contributed by atoms with E-state index in [0.717, 1.165) is 41.1 Å². The van der Waals surface area contributed by atoms with E-state index in [1.54, 1.807) is 0 Å². The first-order valence-electron chi connectivity index (χ1n) is 13.0. The third-order valence-electron chi connectivity index (χ3n) is 7.81. The Balaban J connectivity index is 1.21. The molecule has 2 amide bonds. The quantitative estimate of drug-likeness (QED) is 0.410. The number of piperidine rings is 1. The molecule has 2 aliphatic heterocycles. The van der Waals surface area contributed by atoms with E-state index in [9.17, 15) is 9.59 Å². The minimum absolute atomic E-state index is 0.0115. The van der Waals surface area contributed by atoms with Crippen LogP contribution in [0.3, 0.4) is 0 Å². The Morgan fingerprint density at radius 1 is 0.811 bits per heavy atom. The van der Waals surface area contributed by atoms with E-state index in [4.69, 9.17) is 4.98 Å². The molecule has 37 heavy (non-hydrogen) atoms. The highest BCUT2D eigenvalue weighted by Crippen LogP contribution is 2.32. The number of benzene rings is 1. The lowest BCUT2D eigenvalue weighted by Gasteiger charge is -2.32. The number of hydrogen-bond donors (Lipinski definition) is 0. The maximum absolute atomic E-state index is 13.6. The number of imidazole rings is 1. The topological polar surface area (TPSA) is 70.8 Å². The first kappa shape index (κ1) is 23.4. The van der Waals surface area contributed by atoms with Gasteiger partial charge in [0.2, 0.25) is 0 Å². The second-order valence-electron chi connectivity index (χ2n) is 10.3. The Morgan fingerprint density at radius 3 is 2.22 bits per heavy atom. The number of carbonyl (C=O) groups is 2. The van der Waals surface area contributed by atoms with Gasteiger partial charge < -0.3 is 9.80 Å². The number of carbonyl (C=O) groups excluding carboxylic acids is 2.